The number of nitrogens with one attached hydrogen (secondary N) is 1. The summed E-state index contributed by atoms with van der Waals surface area (Å²) in [5.74, 6) is 0. The van der Waals surface area contributed by atoms with Crippen molar-refractivity contribution in [3.8, 4) is 0 Å². The van der Waals surface area contributed by atoms with Gasteiger partial charge in [0, 0.05) is 6.54 Å². The Kier molecular flexibility index (Phi) is 3.31. The summed E-state index contributed by atoms with van der Waals surface area (Å²) in [6.45, 7) is 3.65. The molecule has 1 N–H and O–H groups in total. The van der Waals surface area contributed by atoms with Crippen LogP contribution < -0.4 is 5.32 Å². The molecule has 0 saturated heterocycles. The Hall–Kier alpha value is -1.68. The van der Waals surface area contributed by atoms with E-state index >= 15 is 0 Å². The van der Waals surface area contributed by atoms with Crippen molar-refractivity contribution in [3.63, 3.8) is 0 Å². The van der Waals surface area contributed by atoms with Crippen molar-refractivity contribution in [3.05, 3.63) is 47.3 Å². The smallest absolute Gasteiger partial charge is 0.0964 e. The first-order chi connectivity index (χ1) is 7.79. The lowest BCUT2D eigenvalue weighted by Crippen LogP contribution is -2.05. The molecule has 0 atom stereocenters. The van der Waals surface area contributed by atoms with Gasteiger partial charge in [0.2, 0.25) is 0 Å². The molecule has 0 fully saturated rings. The van der Waals surface area contributed by atoms with Gasteiger partial charge < -0.3 is 5.32 Å². The third-order valence-electron chi connectivity index (χ3n) is 2.54. The largest absolute Gasteiger partial charge is 0.314 e. The molecule has 84 valence electrons. The van der Waals surface area contributed by atoms with E-state index in [1.165, 1.54) is 11.1 Å². The van der Waals surface area contributed by atoms with Gasteiger partial charge in [-0.2, -0.15) is 0 Å². The Morgan fingerprint density at radius 2 is 2.12 bits per heavy atom. The molecule has 0 unspecified atom stereocenters. The zero-order valence-corrected chi connectivity index (χ0v) is 9.64. The van der Waals surface area contributed by atoms with Gasteiger partial charge in [-0.15, -0.1) is 5.10 Å². The predicted octanol–water partition coefficient (Wildman–Crippen LogP) is 1.35. The fraction of sp³-hybridized carbons (Fsp3) is 0.333. The van der Waals surface area contributed by atoms with Crippen molar-refractivity contribution in [1.82, 2.24) is 20.3 Å². The van der Waals surface area contributed by atoms with Crippen molar-refractivity contribution >= 4 is 0 Å². The second-order valence-electron chi connectivity index (χ2n) is 3.86. The molecular weight excluding hydrogens is 200 g/mol. The molecule has 0 saturated carbocycles. The Balaban J connectivity index is 2.11. The SMILES string of the molecule is CNCc1cn(Cc2ccccc2C)nn1. The minimum atomic E-state index is 0.758. The van der Waals surface area contributed by atoms with Gasteiger partial charge in [-0.05, 0) is 25.1 Å². The van der Waals surface area contributed by atoms with Crippen molar-refractivity contribution in [2.24, 2.45) is 0 Å². The molecule has 0 amide bonds. The maximum Gasteiger partial charge on any atom is 0.0964 e. The van der Waals surface area contributed by atoms with E-state index in [1.54, 1.807) is 0 Å². The number of aryl methyl sites for hydroxylation is 1. The number of aromatic nitrogens is 3. The Morgan fingerprint density at radius 1 is 1.31 bits per heavy atom. The lowest BCUT2D eigenvalue weighted by Gasteiger charge is -2.04. The van der Waals surface area contributed by atoms with Crippen LogP contribution in [0.3, 0.4) is 0 Å². The summed E-state index contributed by atoms with van der Waals surface area (Å²) in [7, 11) is 1.90. The summed E-state index contributed by atoms with van der Waals surface area (Å²) in [6.07, 6.45) is 1.98. The number of hydrogen-bond donors (Lipinski definition) is 1. The van der Waals surface area contributed by atoms with E-state index in [0.717, 1.165) is 18.8 Å². The van der Waals surface area contributed by atoms with Crippen LogP contribution in [0.4, 0.5) is 0 Å². The zero-order chi connectivity index (χ0) is 11.4. The molecular formula is C12H16N4. The number of rotatable bonds is 4. The van der Waals surface area contributed by atoms with E-state index < -0.39 is 0 Å². The van der Waals surface area contributed by atoms with E-state index in [1.807, 2.05) is 30.1 Å². The van der Waals surface area contributed by atoms with Crippen LogP contribution >= 0.6 is 0 Å². The predicted molar refractivity (Wildman–Crippen MR) is 63.1 cm³/mol. The zero-order valence-electron chi connectivity index (χ0n) is 9.64. The van der Waals surface area contributed by atoms with Gasteiger partial charge in [-0.3, -0.25) is 0 Å². The van der Waals surface area contributed by atoms with E-state index in [4.69, 9.17) is 0 Å². The molecule has 1 aromatic heterocycles. The lowest BCUT2D eigenvalue weighted by molar-refractivity contribution is 0.646. The van der Waals surface area contributed by atoms with Crippen LogP contribution in [0.2, 0.25) is 0 Å². The molecule has 0 bridgehead atoms. The summed E-state index contributed by atoms with van der Waals surface area (Å²) in [5, 5.41) is 11.2. The van der Waals surface area contributed by atoms with Crippen LogP contribution in [0.15, 0.2) is 30.5 Å². The molecule has 1 heterocycles. The van der Waals surface area contributed by atoms with E-state index in [2.05, 4.69) is 34.7 Å². The highest BCUT2D eigenvalue weighted by Crippen LogP contribution is 2.08. The quantitative estimate of drug-likeness (QED) is 0.839. The van der Waals surface area contributed by atoms with Gasteiger partial charge in [-0.25, -0.2) is 4.68 Å². The third kappa shape index (κ3) is 2.46. The Bertz CT molecular complexity index is 462. The van der Waals surface area contributed by atoms with Gasteiger partial charge >= 0.3 is 0 Å². The highest BCUT2D eigenvalue weighted by molar-refractivity contribution is 5.25. The van der Waals surface area contributed by atoms with Crippen LogP contribution in [0.25, 0.3) is 0 Å². The molecule has 0 aliphatic heterocycles. The molecule has 1 aromatic carbocycles. The maximum atomic E-state index is 4.10. The van der Waals surface area contributed by atoms with Crippen LogP contribution in [0, 0.1) is 6.92 Å². The lowest BCUT2D eigenvalue weighted by atomic mass is 10.1. The van der Waals surface area contributed by atoms with Crippen molar-refractivity contribution < 1.29 is 0 Å². The molecule has 4 nitrogen and oxygen atoms in total. The molecule has 2 rings (SSSR count). The number of hydrogen-bond acceptors (Lipinski definition) is 3. The van der Waals surface area contributed by atoms with Crippen LogP contribution in [0.1, 0.15) is 16.8 Å². The fourth-order valence-corrected chi connectivity index (χ4v) is 1.64. The number of nitrogens with zero attached hydrogens (tertiary/aromatic N) is 3. The first-order valence-corrected chi connectivity index (χ1v) is 5.37. The molecule has 0 aliphatic rings. The average molecular weight is 216 g/mol. The first kappa shape index (κ1) is 10.8. The van der Waals surface area contributed by atoms with Gasteiger partial charge in [0.1, 0.15) is 0 Å². The summed E-state index contributed by atoms with van der Waals surface area (Å²) in [5.41, 5.74) is 3.53. The van der Waals surface area contributed by atoms with E-state index in [0.29, 0.717) is 0 Å². The van der Waals surface area contributed by atoms with Crippen LogP contribution in [-0.2, 0) is 13.1 Å². The molecule has 0 aliphatic carbocycles. The van der Waals surface area contributed by atoms with Crippen molar-refractivity contribution in [2.45, 2.75) is 20.0 Å². The molecule has 4 heteroatoms. The monoisotopic (exact) mass is 216 g/mol. The second-order valence-corrected chi connectivity index (χ2v) is 3.86. The summed E-state index contributed by atoms with van der Waals surface area (Å²) < 4.78 is 1.87. The highest BCUT2D eigenvalue weighted by atomic mass is 15.4. The summed E-state index contributed by atoms with van der Waals surface area (Å²) in [6, 6.07) is 8.33. The Morgan fingerprint density at radius 3 is 2.88 bits per heavy atom. The average Bonchev–Trinajstić information content (AvgIpc) is 2.70. The van der Waals surface area contributed by atoms with Crippen molar-refractivity contribution in [2.75, 3.05) is 7.05 Å². The normalized spacial score (nSPS) is 10.6. The van der Waals surface area contributed by atoms with Crippen molar-refractivity contribution in [1.29, 1.82) is 0 Å². The van der Waals surface area contributed by atoms with E-state index in [-0.39, 0.29) is 0 Å². The summed E-state index contributed by atoms with van der Waals surface area (Å²) >= 11 is 0. The number of benzene rings is 1. The van der Waals surface area contributed by atoms with Crippen LogP contribution in [-0.4, -0.2) is 22.0 Å². The standard InChI is InChI=1S/C12H16N4/c1-10-5-3-4-6-11(10)8-16-9-12(7-13-2)14-15-16/h3-6,9,13H,7-8H2,1-2H3. The van der Waals surface area contributed by atoms with Gasteiger partial charge in [0.15, 0.2) is 0 Å². The third-order valence-corrected chi connectivity index (χ3v) is 2.54. The van der Waals surface area contributed by atoms with Gasteiger partial charge in [-0.1, -0.05) is 29.5 Å². The van der Waals surface area contributed by atoms with E-state index in [9.17, 15) is 0 Å². The Labute approximate surface area is 95.3 Å². The fourth-order valence-electron chi connectivity index (χ4n) is 1.64. The second kappa shape index (κ2) is 4.90. The topological polar surface area (TPSA) is 42.7 Å². The minimum absolute atomic E-state index is 0.758. The summed E-state index contributed by atoms with van der Waals surface area (Å²) in [4.78, 5) is 0. The molecule has 0 radical (unpaired) electrons. The molecule has 2 aromatic rings. The van der Waals surface area contributed by atoms with Crippen LogP contribution in [0.5, 0.6) is 0 Å². The molecule has 0 spiro atoms. The molecule has 16 heavy (non-hydrogen) atoms. The van der Waals surface area contributed by atoms with Gasteiger partial charge in [0.25, 0.3) is 0 Å². The first-order valence-electron chi connectivity index (χ1n) is 5.37. The highest BCUT2D eigenvalue weighted by Gasteiger charge is 2.02. The van der Waals surface area contributed by atoms with Gasteiger partial charge in [0.05, 0.1) is 18.4 Å². The minimum Gasteiger partial charge on any atom is -0.314 e. The maximum absolute atomic E-state index is 4.10.